The molecule has 3 aromatic heterocycles. The molecule has 0 aliphatic carbocycles. The molecule has 3 heterocycles. The highest BCUT2D eigenvalue weighted by molar-refractivity contribution is 7.24. The molecule has 22 heavy (non-hydrogen) atoms. The van der Waals surface area contributed by atoms with Crippen LogP contribution < -0.4 is 5.32 Å². The maximum Gasteiger partial charge on any atom is 0.268 e. The molecule has 0 unspecified atom stereocenters. The van der Waals surface area contributed by atoms with Gasteiger partial charge in [0.2, 0.25) is 0 Å². The second-order valence-electron chi connectivity index (χ2n) is 4.35. The molecule has 1 N–H and O–H groups in total. The summed E-state index contributed by atoms with van der Waals surface area (Å²) in [6.07, 6.45) is 1.48. The summed E-state index contributed by atoms with van der Waals surface area (Å²) >= 11 is 14.5. The van der Waals surface area contributed by atoms with Crippen molar-refractivity contribution in [2.45, 2.75) is 6.92 Å². The van der Waals surface area contributed by atoms with Gasteiger partial charge in [0, 0.05) is 6.20 Å². The highest BCUT2D eigenvalue weighted by atomic mass is 35.5. The maximum absolute atomic E-state index is 12.3. The molecule has 0 spiro atoms. The number of pyridine rings is 1. The van der Waals surface area contributed by atoms with Gasteiger partial charge >= 0.3 is 0 Å². The van der Waals surface area contributed by atoms with E-state index in [0.29, 0.717) is 25.7 Å². The Morgan fingerprint density at radius 2 is 2.00 bits per heavy atom. The van der Waals surface area contributed by atoms with Crippen LogP contribution in [0.25, 0.3) is 9.88 Å². The Balaban J connectivity index is 1.83. The predicted octanol–water partition coefficient (Wildman–Crippen LogP) is 5.13. The van der Waals surface area contributed by atoms with E-state index < -0.39 is 0 Å². The number of nitrogens with one attached hydrogen (secondary N) is 1. The molecule has 8 heteroatoms. The third-order valence-electron chi connectivity index (χ3n) is 2.76. The molecule has 0 radical (unpaired) electrons. The summed E-state index contributed by atoms with van der Waals surface area (Å²) in [6, 6.07) is 7.03. The van der Waals surface area contributed by atoms with Gasteiger partial charge in [-0.25, -0.2) is 9.97 Å². The molecule has 112 valence electrons. The lowest BCUT2D eigenvalue weighted by atomic mass is 10.3. The Kier molecular flexibility index (Phi) is 4.44. The molecule has 0 saturated carbocycles. The topological polar surface area (TPSA) is 54.9 Å². The fraction of sp³-hybridized carbons (Fsp3) is 0.0714. The first kappa shape index (κ1) is 15.4. The van der Waals surface area contributed by atoms with Crippen LogP contribution >= 0.6 is 45.9 Å². The number of thiophene rings is 1. The minimum absolute atomic E-state index is 0.237. The maximum atomic E-state index is 12.3. The molecular weight excluding hydrogens is 361 g/mol. The lowest BCUT2D eigenvalue weighted by Gasteiger charge is -2.02. The van der Waals surface area contributed by atoms with E-state index in [1.165, 1.54) is 28.9 Å². The number of aryl methyl sites for hydroxylation is 1. The minimum atomic E-state index is -0.237. The standard InChI is InChI=1S/C14H9Cl2N3OS2/c1-7-12(13(20)19-11-5-2-8(15)6-17-11)22-14(18-7)9-3-4-10(16)21-9/h2-6H,1H3,(H,17,19,20). The van der Waals surface area contributed by atoms with Gasteiger partial charge in [0.25, 0.3) is 5.91 Å². The Bertz CT molecular complexity index is 827. The van der Waals surface area contributed by atoms with Crippen LogP contribution in [0.4, 0.5) is 5.82 Å². The largest absolute Gasteiger partial charge is 0.306 e. The second-order valence-corrected chi connectivity index (χ2v) is 7.50. The fourth-order valence-corrected chi connectivity index (χ4v) is 3.94. The number of carbonyl (C=O) groups excluding carboxylic acids is 1. The zero-order valence-electron chi connectivity index (χ0n) is 11.3. The van der Waals surface area contributed by atoms with Crippen molar-refractivity contribution < 1.29 is 4.79 Å². The molecular formula is C14H9Cl2N3OS2. The Hall–Kier alpha value is -1.47. The van der Waals surface area contributed by atoms with Crippen LogP contribution in [0.5, 0.6) is 0 Å². The van der Waals surface area contributed by atoms with Crippen molar-refractivity contribution in [3.8, 4) is 9.88 Å². The van der Waals surface area contributed by atoms with Crippen LogP contribution in [-0.2, 0) is 0 Å². The van der Waals surface area contributed by atoms with Crippen molar-refractivity contribution in [2.75, 3.05) is 5.32 Å². The summed E-state index contributed by atoms with van der Waals surface area (Å²) in [4.78, 5) is 22.3. The van der Waals surface area contributed by atoms with Crippen LogP contribution in [0.3, 0.4) is 0 Å². The first-order chi connectivity index (χ1) is 10.5. The van der Waals surface area contributed by atoms with E-state index in [1.54, 1.807) is 19.1 Å². The molecule has 0 aliphatic heterocycles. The number of carbonyl (C=O) groups is 1. The summed E-state index contributed by atoms with van der Waals surface area (Å²) in [7, 11) is 0. The van der Waals surface area contributed by atoms with E-state index in [-0.39, 0.29) is 5.91 Å². The Morgan fingerprint density at radius 1 is 1.18 bits per heavy atom. The summed E-state index contributed by atoms with van der Waals surface area (Å²) in [5.41, 5.74) is 0.677. The summed E-state index contributed by atoms with van der Waals surface area (Å²) in [6.45, 7) is 1.80. The highest BCUT2D eigenvalue weighted by Gasteiger charge is 2.17. The average molecular weight is 370 g/mol. The van der Waals surface area contributed by atoms with E-state index in [9.17, 15) is 4.79 Å². The first-order valence-electron chi connectivity index (χ1n) is 6.19. The SMILES string of the molecule is Cc1nc(-c2ccc(Cl)s2)sc1C(=O)Nc1ccc(Cl)cn1. The molecule has 0 saturated heterocycles. The minimum Gasteiger partial charge on any atom is -0.306 e. The summed E-state index contributed by atoms with van der Waals surface area (Å²) in [5, 5.41) is 4.03. The average Bonchev–Trinajstić information content (AvgIpc) is 3.07. The monoisotopic (exact) mass is 369 g/mol. The van der Waals surface area contributed by atoms with Gasteiger partial charge in [0.05, 0.1) is 19.9 Å². The molecule has 1 amide bonds. The van der Waals surface area contributed by atoms with Crippen molar-refractivity contribution in [1.29, 1.82) is 0 Å². The zero-order chi connectivity index (χ0) is 15.7. The predicted molar refractivity (Wildman–Crippen MR) is 92.4 cm³/mol. The number of halogens is 2. The van der Waals surface area contributed by atoms with E-state index in [0.717, 1.165) is 9.88 Å². The van der Waals surface area contributed by atoms with E-state index in [4.69, 9.17) is 23.2 Å². The van der Waals surface area contributed by atoms with Gasteiger partial charge in [-0.1, -0.05) is 23.2 Å². The molecule has 0 aromatic carbocycles. The van der Waals surface area contributed by atoms with Crippen LogP contribution in [0.15, 0.2) is 30.5 Å². The van der Waals surface area contributed by atoms with Gasteiger partial charge in [-0.3, -0.25) is 4.79 Å². The lowest BCUT2D eigenvalue weighted by Crippen LogP contribution is -2.12. The quantitative estimate of drug-likeness (QED) is 0.695. The Labute approximate surface area is 144 Å². The van der Waals surface area contributed by atoms with Crippen molar-refractivity contribution >= 4 is 57.6 Å². The van der Waals surface area contributed by atoms with Crippen LogP contribution in [0.2, 0.25) is 9.36 Å². The van der Waals surface area contributed by atoms with Crippen molar-refractivity contribution in [3.05, 3.63) is 50.4 Å². The number of anilines is 1. The van der Waals surface area contributed by atoms with E-state index >= 15 is 0 Å². The van der Waals surface area contributed by atoms with Crippen molar-refractivity contribution in [3.63, 3.8) is 0 Å². The van der Waals surface area contributed by atoms with Gasteiger partial charge in [-0.15, -0.1) is 22.7 Å². The number of amides is 1. The normalized spacial score (nSPS) is 10.7. The first-order valence-corrected chi connectivity index (χ1v) is 8.58. The third kappa shape index (κ3) is 3.30. The molecule has 3 aromatic rings. The van der Waals surface area contributed by atoms with E-state index in [2.05, 4.69) is 15.3 Å². The molecule has 0 fully saturated rings. The highest BCUT2D eigenvalue weighted by Crippen LogP contribution is 2.35. The third-order valence-corrected chi connectivity index (χ3v) is 5.54. The number of rotatable bonds is 3. The van der Waals surface area contributed by atoms with Gasteiger partial charge in [0.1, 0.15) is 15.7 Å². The number of hydrogen-bond acceptors (Lipinski definition) is 5. The van der Waals surface area contributed by atoms with E-state index in [1.807, 2.05) is 12.1 Å². The van der Waals surface area contributed by atoms with Gasteiger partial charge < -0.3 is 5.32 Å². The number of aromatic nitrogens is 2. The van der Waals surface area contributed by atoms with Crippen molar-refractivity contribution in [1.82, 2.24) is 9.97 Å². The molecule has 0 aliphatic rings. The van der Waals surface area contributed by atoms with Gasteiger partial charge in [-0.2, -0.15) is 0 Å². The number of hydrogen-bond donors (Lipinski definition) is 1. The number of thiazole rings is 1. The van der Waals surface area contributed by atoms with Crippen LogP contribution in [0.1, 0.15) is 15.4 Å². The second kappa shape index (κ2) is 6.34. The molecule has 4 nitrogen and oxygen atoms in total. The zero-order valence-corrected chi connectivity index (χ0v) is 14.4. The smallest absolute Gasteiger partial charge is 0.268 e. The molecule has 0 bridgehead atoms. The summed E-state index contributed by atoms with van der Waals surface area (Å²) in [5.74, 6) is 0.210. The molecule has 3 rings (SSSR count). The Morgan fingerprint density at radius 3 is 2.64 bits per heavy atom. The van der Waals surface area contributed by atoms with Crippen molar-refractivity contribution in [2.24, 2.45) is 0 Å². The number of nitrogens with zero attached hydrogens (tertiary/aromatic N) is 2. The fourth-order valence-electron chi connectivity index (χ4n) is 1.76. The van der Waals surface area contributed by atoms with Crippen LogP contribution in [0, 0.1) is 6.92 Å². The molecule has 0 atom stereocenters. The lowest BCUT2D eigenvalue weighted by molar-refractivity contribution is 0.102. The van der Waals surface area contributed by atoms with Gasteiger partial charge in [0.15, 0.2) is 0 Å². The van der Waals surface area contributed by atoms with Gasteiger partial charge in [-0.05, 0) is 31.2 Å². The van der Waals surface area contributed by atoms with Crippen LogP contribution in [-0.4, -0.2) is 15.9 Å². The summed E-state index contributed by atoms with van der Waals surface area (Å²) < 4.78 is 0.694.